The Morgan fingerprint density at radius 2 is 1.88 bits per heavy atom. The van der Waals surface area contributed by atoms with Gasteiger partial charge in [0.2, 0.25) is 0 Å². The molecule has 2 amide bonds. The molecule has 3 rings (SSSR count). The zero-order valence-electron chi connectivity index (χ0n) is 14.0. The van der Waals surface area contributed by atoms with Crippen molar-refractivity contribution in [1.82, 2.24) is 25.0 Å². The molecule has 1 aliphatic rings. The van der Waals surface area contributed by atoms with Gasteiger partial charge >= 0.3 is 6.18 Å². The van der Waals surface area contributed by atoms with Crippen molar-refractivity contribution in [1.29, 1.82) is 0 Å². The normalized spacial score (nSPS) is 18.7. The van der Waals surface area contributed by atoms with E-state index in [9.17, 15) is 22.8 Å². The molecule has 26 heavy (non-hydrogen) atoms. The fourth-order valence-corrected chi connectivity index (χ4v) is 2.95. The van der Waals surface area contributed by atoms with Crippen molar-refractivity contribution >= 4 is 11.8 Å². The van der Waals surface area contributed by atoms with E-state index in [0.29, 0.717) is 25.2 Å². The summed E-state index contributed by atoms with van der Waals surface area (Å²) >= 11 is 0. The first kappa shape index (κ1) is 18.0. The van der Waals surface area contributed by atoms with E-state index in [-0.39, 0.29) is 24.2 Å². The number of H-pyrrole nitrogens is 2. The topological polar surface area (TPSA) is 85.1 Å². The smallest absolute Gasteiger partial charge is 0.347 e. The Balaban J connectivity index is 1.71. The van der Waals surface area contributed by atoms with Gasteiger partial charge in [-0.3, -0.25) is 14.7 Å². The predicted molar refractivity (Wildman–Crippen MR) is 85.4 cm³/mol. The molecule has 1 atom stereocenters. The maximum absolute atomic E-state index is 12.7. The molecule has 0 saturated carbocycles. The highest BCUT2D eigenvalue weighted by Crippen LogP contribution is 2.28. The predicted octanol–water partition coefficient (Wildman–Crippen LogP) is 2.13. The summed E-state index contributed by atoms with van der Waals surface area (Å²) in [4.78, 5) is 30.3. The second kappa shape index (κ2) is 6.85. The van der Waals surface area contributed by atoms with Gasteiger partial charge in [-0.05, 0) is 31.5 Å². The first-order valence-electron chi connectivity index (χ1n) is 8.13. The molecule has 2 aromatic rings. The molecule has 0 bridgehead atoms. The summed E-state index contributed by atoms with van der Waals surface area (Å²) in [5, 5.41) is 6.36. The average molecular weight is 369 g/mol. The summed E-state index contributed by atoms with van der Waals surface area (Å²) in [5.41, 5.74) is -0.714. The van der Waals surface area contributed by atoms with E-state index >= 15 is 0 Å². The Morgan fingerprint density at radius 3 is 2.50 bits per heavy atom. The fourth-order valence-electron chi connectivity index (χ4n) is 2.95. The molecule has 1 fully saturated rings. The molecule has 140 valence electrons. The molecule has 0 spiro atoms. The molecule has 1 aliphatic heterocycles. The number of halogens is 3. The summed E-state index contributed by atoms with van der Waals surface area (Å²) in [7, 11) is 0. The van der Waals surface area contributed by atoms with Crippen LogP contribution in [-0.2, 0) is 6.18 Å². The van der Waals surface area contributed by atoms with Crippen molar-refractivity contribution in [2.45, 2.75) is 25.6 Å². The van der Waals surface area contributed by atoms with Crippen LogP contribution in [0.4, 0.5) is 13.2 Å². The van der Waals surface area contributed by atoms with Crippen molar-refractivity contribution in [3.8, 4) is 0 Å². The van der Waals surface area contributed by atoms with Gasteiger partial charge in [0.05, 0.1) is 0 Å². The molecule has 0 aromatic carbocycles. The van der Waals surface area contributed by atoms with Gasteiger partial charge in [0, 0.05) is 31.9 Å². The Hall–Kier alpha value is -2.78. The molecule has 1 unspecified atom stereocenters. The Morgan fingerprint density at radius 1 is 1.12 bits per heavy atom. The number of nitrogens with zero attached hydrogens (tertiary/aromatic N) is 3. The minimum atomic E-state index is -4.53. The molecule has 2 aromatic heterocycles. The number of amides is 2. The molecule has 2 N–H and O–H groups in total. The molecule has 0 radical (unpaired) electrons. The van der Waals surface area contributed by atoms with Crippen LogP contribution in [-0.4, -0.2) is 62.5 Å². The van der Waals surface area contributed by atoms with E-state index in [1.54, 1.807) is 11.0 Å². The number of hydrogen-bond donors (Lipinski definition) is 2. The van der Waals surface area contributed by atoms with Crippen molar-refractivity contribution in [2.75, 3.05) is 19.6 Å². The second-order valence-electron chi connectivity index (χ2n) is 6.18. The van der Waals surface area contributed by atoms with E-state index in [1.807, 2.05) is 6.92 Å². The number of aromatic nitrogens is 3. The summed E-state index contributed by atoms with van der Waals surface area (Å²) in [6, 6.07) is 3.34. The van der Waals surface area contributed by atoms with Crippen LogP contribution in [0.5, 0.6) is 0 Å². The van der Waals surface area contributed by atoms with Gasteiger partial charge in [0.25, 0.3) is 11.8 Å². The van der Waals surface area contributed by atoms with Crippen LogP contribution in [0.25, 0.3) is 0 Å². The molecule has 10 heteroatoms. The molecular formula is C16H18F3N5O2. The van der Waals surface area contributed by atoms with E-state index in [4.69, 9.17) is 0 Å². The highest BCUT2D eigenvalue weighted by atomic mass is 19.4. The number of nitrogens with one attached hydrogen (secondary N) is 2. The van der Waals surface area contributed by atoms with Crippen LogP contribution in [0, 0.1) is 0 Å². The van der Waals surface area contributed by atoms with Crippen LogP contribution in [0.3, 0.4) is 0 Å². The lowest BCUT2D eigenvalue weighted by molar-refractivity contribution is -0.140. The van der Waals surface area contributed by atoms with Crippen molar-refractivity contribution in [3.05, 3.63) is 41.5 Å². The standard InChI is InChI=1S/C16H18F3N5O2/c1-10-5-7-23(14(25)12-4-6-20-22-12)8-9-24(10)15(26)11-2-3-13(21-11)16(17,18)19/h2-4,6,10,21H,5,7-9H2,1H3,(H,20,22). The minimum absolute atomic E-state index is 0.113. The lowest BCUT2D eigenvalue weighted by Gasteiger charge is -2.26. The van der Waals surface area contributed by atoms with E-state index < -0.39 is 17.8 Å². The van der Waals surface area contributed by atoms with Gasteiger partial charge in [0.1, 0.15) is 17.1 Å². The molecule has 1 saturated heterocycles. The van der Waals surface area contributed by atoms with Crippen LogP contribution in [0.1, 0.15) is 40.0 Å². The highest BCUT2D eigenvalue weighted by molar-refractivity contribution is 5.94. The van der Waals surface area contributed by atoms with Gasteiger partial charge in [-0.15, -0.1) is 0 Å². The Labute approximate surface area is 147 Å². The lowest BCUT2D eigenvalue weighted by atomic mass is 10.2. The molecule has 3 heterocycles. The monoisotopic (exact) mass is 369 g/mol. The number of aromatic amines is 2. The zero-order valence-corrected chi connectivity index (χ0v) is 14.0. The van der Waals surface area contributed by atoms with Gasteiger partial charge in [0.15, 0.2) is 0 Å². The quantitative estimate of drug-likeness (QED) is 0.851. The molecular weight excluding hydrogens is 351 g/mol. The number of carbonyl (C=O) groups is 2. The third-order valence-electron chi connectivity index (χ3n) is 4.46. The average Bonchev–Trinajstić information content (AvgIpc) is 3.24. The number of hydrogen-bond acceptors (Lipinski definition) is 3. The summed E-state index contributed by atoms with van der Waals surface area (Å²) in [6.07, 6.45) is -2.53. The van der Waals surface area contributed by atoms with Crippen molar-refractivity contribution in [2.24, 2.45) is 0 Å². The van der Waals surface area contributed by atoms with Crippen molar-refractivity contribution in [3.63, 3.8) is 0 Å². The Kier molecular flexibility index (Phi) is 4.75. The largest absolute Gasteiger partial charge is 0.431 e. The van der Waals surface area contributed by atoms with Gasteiger partial charge in [-0.1, -0.05) is 0 Å². The number of rotatable bonds is 2. The third-order valence-corrected chi connectivity index (χ3v) is 4.46. The van der Waals surface area contributed by atoms with Gasteiger partial charge in [-0.2, -0.15) is 18.3 Å². The van der Waals surface area contributed by atoms with Crippen LogP contribution in [0.2, 0.25) is 0 Å². The first-order chi connectivity index (χ1) is 12.3. The maximum Gasteiger partial charge on any atom is 0.431 e. The van der Waals surface area contributed by atoms with E-state index in [2.05, 4.69) is 15.2 Å². The minimum Gasteiger partial charge on any atom is -0.347 e. The van der Waals surface area contributed by atoms with Crippen LogP contribution < -0.4 is 0 Å². The third kappa shape index (κ3) is 3.58. The van der Waals surface area contributed by atoms with Crippen LogP contribution >= 0.6 is 0 Å². The SMILES string of the molecule is CC1CCN(C(=O)c2ccn[nH]2)CCN1C(=O)c1ccc(C(F)(F)F)[nH]1. The van der Waals surface area contributed by atoms with Gasteiger partial charge in [-0.25, -0.2) is 0 Å². The summed E-state index contributed by atoms with van der Waals surface area (Å²) in [6.45, 7) is 2.79. The van der Waals surface area contributed by atoms with Gasteiger partial charge < -0.3 is 14.8 Å². The fraction of sp³-hybridized carbons (Fsp3) is 0.438. The molecule has 7 nitrogen and oxygen atoms in total. The maximum atomic E-state index is 12.7. The number of alkyl halides is 3. The summed E-state index contributed by atoms with van der Waals surface area (Å²) in [5.74, 6) is -0.730. The number of carbonyl (C=O) groups excluding carboxylic acids is 2. The zero-order chi connectivity index (χ0) is 18.9. The highest BCUT2D eigenvalue weighted by Gasteiger charge is 2.34. The summed E-state index contributed by atoms with van der Waals surface area (Å²) < 4.78 is 38.1. The first-order valence-corrected chi connectivity index (χ1v) is 8.13. The van der Waals surface area contributed by atoms with Crippen LogP contribution in [0.15, 0.2) is 24.4 Å². The van der Waals surface area contributed by atoms with E-state index in [1.165, 1.54) is 11.1 Å². The van der Waals surface area contributed by atoms with Crippen molar-refractivity contribution < 1.29 is 22.8 Å². The Bertz CT molecular complexity index is 784. The molecule has 0 aliphatic carbocycles. The second-order valence-corrected chi connectivity index (χ2v) is 6.18. The lowest BCUT2D eigenvalue weighted by Crippen LogP contribution is -2.40. The van der Waals surface area contributed by atoms with E-state index in [0.717, 1.165) is 12.1 Å².